The van der Waals surface area contributed by atoms with Crippen molar-refractivity contribution in [3.8, 4) is 0 Å². The van der Waals surface area contributed by atoms with Gasteiger partial charge in [0.25, 0.3) is 0 Å². The third kappa shape index (κ3) is 45.1. The summed E-state index contributed by atoms with van der Waals surface area (Å²) < 4.78 is 3.78. The third-order valence-electron chi connectivity index (χ3n) is 1.27. The first-order valence-electron chi connectivity index (χ1n) is 4.72. The third-order valence-corrected chi connectivity index (χ3v) is 1.27. The molecule has 0 bridgehead atoms. The fourth-order valence-corrected chi connectivity index (χ4v) is 0.652. The van der Waals surface area contributed by atoms with Crippen molar-refractivity contribution in [3.05, 3.63) is 68.1 Å². The zero-order valence-electron chi connectivity index (χ0n) is 11.9. The van der Waals surface area contributed by atoms with Gasteiger partial charge in [0.1, 0.15) is 0 Å². The van der Waals surface area contributed by atoms with E-state index >= 15 is 0 Å². The van der Waals surface area contributed by atoms with E-state index in [2.05, 4.69) is 9.97 Å². The number of hydrogen-bond donors (Lipinski definition) is 0. The number of aryl methyl sites for hydroxylation is 2. The Morgan fingerprint density at radius 2 is 1.00 bits per heavy atom. The minimum Gasteiger partial charge on any atom is -2.00 e. The molecule has 0 amide bonds. The van der Waals surface area contributed by atoms with Gasteiger partial charge in [0.2, 0.25) is 0 Å². The Hall–Kier alpha value is -2.21. The summed E-state index contributed by atoms with van der Waals surface area (Å²) in [4.78, 5) is 24.1. The molecular formula is C8H12N6O8U-6. The van der Waals surface area contributed by atoms with E-state index in [-0.39, 0.29) is 42.1 Å². The Morgan fingerprint density at radius 1 is 0.783 bits per heavy atom. The van der Waals surface area contributed by atoms with E-state index in [4.69, 9.17) is 30.6 Å². The summed E-state index contributed by atoms with van der Waals surface area (Å²) in [5.74, 6) is 0. The van der Waals surface area contributed by atoms with Crippen LogP contribution in [0.5, 0.6) is 0 Å². The molecule has 0 aliphatic carbocycles. The minimum absolute atomic E-state index is 0. The SMILES string of the molecule is Cn1ccnc1.Cn1ccnc1.O=[N+]([O-])[O-].O=[N+]([O-])[O-].[O-2].[O-2].[U]. The van der Waals surface area contributed by atoms with E-state index in [0.29, 0.717) is 0 Å². The van der Waals surface area contributed by atoms with E-state index in [1.165, 1.54) is 0 Å². The predicted molar refractivity (Wildman–Crippen MR) is 68.5 cm³/mol. The van der Waals surface area contributed by atoms with Crippen molar-refractivity contribution in [2.24, 2.45) is 14.1 Å². The molecule has 0 N–H and O–H groups in total. The second-order valence-corrected chi connectivity index (χ2v) is 2.90. The van der Waals surface area contributed by atoms with Gasteiger partial charge in [-0.2, -0.15) is 0 Å². The number of hydrogen-bond acceptors (Lipinski definition) is 8. The van der Waals surface area contributed by atoms with Gasteiger partial charge in [-0.3, -0.25) is 0 Å². The van der Waals surface area contributed by atoms with Crippen LogP contribution in [0.15, 0.2) is 37.4 Å². The largest absolute Gasteiger partial charge is 2.00 e. The van der Waals surface area contributed by atoms with Gasteiger partial charge in [0.15, 0.2) is 0 Å². The number of nitrogens with zero attached hydrogens (tertiary/aromatic N) is 6. The number of rotatable bonds is 0. The number of imidazole rings is 2. The van der Waals surface area contributed by atoms with Gasteiger partial charge >= 0.3 is 0 Å². The van der Waals surface area contributed by atoms with Gasteiger partial charge in [-0.15, -0.1) is 0 Å². The van der Waals surface area contributed by atoms with Crippen LogP contribution in [0.2, 0.25) is 0 Å². The molecule has 23 heavy (non-hydrogen) atoms. The summed E-state index contributed by atoms with van der Waals surface area (Å²) in [6.45, 7) is 0. The Bertz CT molecular complexity index is 413. The van der Waals surface area contributed by atoms with E-state index in [1.807, 2.05) is 35.6 Å². The van der Waals surface area contributed by atoms with Gasteiger partial charge in [0, 0.05) is 70.0 Å². The molecule has 2 heterocycles. The van der Waals surface area contributed by atoms with Crippen molar-refractivity contribution in [1.82, 2.24) is 19.1 Å². The molecule has 0 aliphatic rings. The van der Waals surface area contributed by atoms with Crippen LogP contribution in [0, 0.1) is 61.8 Å². The summed E-state index contributed by atoms with van der Waals surface area (Å²) in [5.41, 5.74) is 0. The van der Waals surface area contributed by atoms with Crippen LogP contribution in [0.4, 0.5) is 0 Å². The molecule has 14 nitrogen and oxygen atoms in total. The van der Waals surface area contributed by atoms with E-state index in [1.54, 1.807) is 25.0 Å². The summed E-state index contributed by atoms with van der Waals surface area (Å²) in [7, 11) is 3.88. The standard InChI is InChI=1S/2C4H6N2.2NO3.2O.U/c2*1-6-3-2-5-4-6;2*2-1(3)4;;;/h2*2-4H,1H3;;;;;/q;;2*-1;2*-2;. The first kappa shape index (κ1) is 32.7. The van der Waals surface area contributed by atoms with Crippen molar-refractivity contribution in [2.75, 3.05) is 0 Å². The molecule has 0 unspecified atom stereocenters. The van der Waals surface area contributed by atoms with E-state index in [0.717, 1.165) is 0 Å². The Morgan fingerprint density at radius 3 is 1.04 bits per heavy atom. The summed E-state index contributed by atoms with van der Waals surface area (Å²) >= 11 is 0. The van der Waals surface area contributed by atoms with Gasteiger partial charge in [-0.1, -0.05) is 0 Å². The average molecular weight is 558 g/mol. The molecule has 0 saturated heterocycles. The van der Waals surface area contributed by atoms with Gasteiger partial charge in [-0.05, 0) is 0 Å². The van der Waals surface area contributed by atoms with Crippen molar-refractivity contribution in [1.29, 1.82) is 0 Å². The minimum atomic E-state index is -1.75. The molecule has 0 atom stereocenters. The molecule has 0 fully saturated rings. The molecule has 2 aromatic heterocycles. The maximum absolute atomic E-state index is 8.25. The fraction of sp³-hybridized carbons (Fsp3) is 0.250. The maximum atomic E-state index is 8.25. The normalized spacial score (nSPS) is 6.70. The Kier molecular flexibility index (Phi) is 31.4. The first-order chi connectivity index (χ1) is 9.25. The quantitative estimate of drug-likeness (QED) is 0.318. The van der Waals surface area contributed by atoms with Crippen LogP contribution in [0.1, 0.15) is 0 Å². The van der Waals surface area contributed by atoms with Crippen LogP contribution in [0.3, 0.4) is 0 Å². The monoisotopic (exact) mass is 558 g/mol. The molecule has 0 aromatic carbocycles. The second-order valence-electron chi connectivity index (χ2n) is 2.90. The zero-order chi connectivity index (χ0) is 16.0. The summed E-state index contributed by atoms with van der Waals surface area (Å²) in [5, 5.41) is 29.5. The topological polar surface area (TPSA) is 225 Å². The van der Waals surface area contributed by atoms with Crippen LogP contribution >= 0.6 is 0 Å². The van der Waals surface area contributed by atoms with Gasteiger partial charge < -0.3 is 50.7 Å². The molecule has 15 heteroatoms. The Balaban J connectivity index is -0.0000000613. The summed E-state index contributed by atoms with van der Waals surface area (Å²) in [6.07, 6.45) is 10.8. The average Bonchev–Trinajstić information content (AvgIpc) is 2.91. The molecule has 2 aromatic rings. The van der Waals surface area contributed by atoms with Crippen LogP contribution < -0.4 is 0 Å². The van der Waals surface area contributed by atoms with Crippen molar-refractivity contribution < 1.29 is 52.2 Å². The molecule has 0 saturated carbocycles. The first-order valence-corrected chi connectivity index (χ1v) is 4.72. The van der Waals surface area contributed by atoms with Crippen molar-refractivity contribution in [3.63, 3.8) is 0 Å². The number of aromatic nitrogens is 4. The van der Waals surface area contributed by atoms with E-state index < -0.39 is 10.2 Å². The molecule has 0 spiro atoms. The van der Waals surface area contributed by atoms with Crippen molar-refractivity contribution >= 4 is 0 Å². The smallest absolute Gasteiger partial charge is 0.0943 e. The molecular weight excluding hydrogens is 546 g/mol. The molecule has 2 rings (SSSR count). The van der Waals surface area contributed by atoms with Crippen LogP contribution in [0.25, 0.3) is 0 Å². The van der Waals surface area contributed by atoms with E-state index in [9.17, 15) is 0 Å². The predicted octanol–water partition coefficient (Wildman–Crippen LogP) is 0.124. The molecule has 0 aliphatic heterocycles. The van der Waals surface area contributed by atoms with Crippen LogP contribution in [-0.4, -0.2) is 29.3 Å². The van der Waals surface area contributed by atoms with Crippen molar-refractivity contribution in [2.45, 2.75) is 0 Å². The summed E-state index contributed by atoms with van der Waals surface area (Å²) in [6, 6.07) is 0. The fourth-order valence-electron chi connectivity index (χ4n) is 0.652. The Labute approximate surface area is 153 Å². The van der Waals surface area contributed by atoms with Crippen LogP contribution in [-0.2, 0) is 25.0 Å². The zero-order valence-corrected chi connectivity index (χ0v) is 16.1. The molecule has 132 valence electrons. The second kappa shape index (κ2) is 22.1. The van der Waals surface area contributed by atoms with Gasteiger partial charge in [-0.25, -0.2) is 9.97 Å². The maximum Gasteiger partial charge on any atom is 0.0943 e. The molecule has 0 radical (unpaired) electrons. The van der Waals surface area contributed by atoms with Gasteiger partial charge in [0.05, 0.1) is 22.8 Å².